The minimum Gasteiger partial charge on any atom is -0.323 e. The van der Waals surface area contributed by atoms with Crippen molar-refractivity contribution in [1.82, 2.24) is 19.7 Å². The zero-order valence-electron chi connectivity index (χ0n) is 13.9. The van der Waals surface area contributed by atoms with Gasteiger partial charge in [-0.2, -0.15) is 5.10 Å². The zero-order chi connectivity index (χ0) is 17.2. The first-order valence-electron chi connectivity index (χ1n) is 7.61. The molecule has 24 heavy (non-hydrogen) atoms. The molecule has 3 aromatic heterocycles. The molecule has 0 bridgehead atoms. The lowest BCUT2D eigenvalue weighted by Gasteiger charge is -2.18. The Labute approximate surface area is 144 Å². The van der Waals surface area contributed by atoms with Crippen molar-refractivity contribution < 1.29 is 4.79 Å². The lowest BCUT2D eigenvalue weighted by Crippen LogP contribution is -2.22. The van der Waals surface area contributed by atoms with Crippen LogP contribution in [0.1, 0.15) is 26.5 Å². The highest BCUT2D eigenvalue weighted by Crippen LogP contribution is 2.23. The Morgan fingerprint density at radius 2 is 2.17 bits per heavy atom. The van der Waals surface area contributed by atoms with Gasteiger partial charge in [0.25, 0.3) is 0 Å². The number of pyridine rings is 1. The Morgan fingerprint density at radius 3 is 2.83 bits per heavy atom. The van der Waals surface area contributed by atoms with Gasteiger partial charge < -0.3 is 5.32 Å². The molecule has 0 saturated carbocycles. The van der Waals surface area contributed by atoms with E-state index in [1.807, 2.05) is 28.4 Å². The summed E-state index contributed by atoms with van der Waals surface area (Å²) in [5, 5.41) is 9.91. The molecule has 0 atom stereocenters. The van der Waals surface area contributed by atoms with Crippen molar-refractivity contribution >= 4 is 22.9 Å². The van der Waals surface area contributed by atoms with Crippen LogP contribution in [0.2, 0.25) is 0 Å². The Hall–Kier alpha value is -2.54. The van der Waals surface area contributed by atoms with Crippen LogP contribution in [0.5, 0.6) is 0 Å². The number of thiazole rings is 1. The lowest BCUT2D eigenvalue weighted by molar-refractivity contribution is -0.115. The molecule has 0 aliphatic heterocycles. The van der Waals surface area contributed by atoms with Gasteiger partial charge in [-0.15, -0.1) is 11.3 Å². The van der Waals surface area contributed by atoms with Crippen LogP contribution < -0.4 is 5.32 Å². The van der Waals surface area contributed by atoms with Crippen molar-refractivity contribution in [3.8, 4) is 10.6 Å². The quantitative estimate of drug-likeness (QED) is 0.790. The monoisotopic (exact) mass is 341 g/mol. The molecule has 0 spiro atoms. The summed E-state index contributed by atoms with van der Waals surface area (Å²) in [6.07, 6.45) is 7.22. The second-order valence-corrected chi connectivity index (χ2v) is 7.31. The summed E-state index contributed by atoms with van der Waals surface area (Å²) in [5.41, 5.74) is 2.29. The smallest absolute Gasteiger partial charge is 0.230 e. The first-order valence-corrected chi connectivity index (χ1v) is 8.49. The minimum absolute atomic E-state index is 0.105. The predicted octanol–water partition coefficient (Wildman–Crippen LogP) is 3.34. The standard InChI is InChI=1S/C17H19N5OS/c1-17(2,3)22-10-14(9-19-22)20-15(23)7-13-11-24-16(21-13)12-5-4-6-18-8-12/h4-6,8-11H,7H2,1-3H3,(H,20,23). The van der Waals surface area contributed by atoms with Gasteiger partial charge in [-0.05, 0) is 32.9 Å². The van der Waals surface area contributed by atoms with Crippen molar-refractivity contribution in [2.75, 3.05) is 5.32 Å². The van der Waals surface area contributed by atoms with Crippen molar-refractivity contribution in [3.63, 3.8) is 0 Å². The number of anilines is 1. The topological polar surface area (TPSA) is 72.7 Å². The van der Waals surface area contributed by atoms with Crippen LogP contribution in [-0.2, 0) is 16.8 Å². The number of carbonyl (C=O) groups is 1. The molecule has 124 valence electrons. The van der Waals surface area contributed by atoms with E-state index in [1.54, 1.807) is 18.6 Å². The molecule has 0 saturated heterocycles. The van der Waals surface area contributed by atoms with E-state index in [4.69, 9.17) is 0 Å². The van der Waals surface area contributed by atoms with E-state index >= 15 is 0 Å². The summed E-state index contributed by atoms with van der Waals surface area (Å²) >= 11 is 1.51. The summed E-state index contributed by atoms with van der Waals surface area (Å²) in [5.74, 6) is -0.105. The maximum absolute atomic E-state index is 12.2. The number of nitrogens with one attached hydrogen (secondary N) is 1. The maximum Gasteiger partial charge on any atom is 0.230 e. The summed E-state index contributed by atoms with van der Waals surface area (Å²) < 4.78 is 1.83. The average molecular weight is 341 g/mol. The Bertz CT molecular complexity index is 832. The fourth-order valence-corrected chi connectivity index (χ4v) is 2.94. The van der Waals surface area contributed by atoms with E-state index in [0.717, 1.165) is 16.3 Å². The molecule has 3 aromatic rings. The van der Waals surface area contributed by atoms with Gasteiger partial charge in [0, 0.05) is 29.5 Å². The second kappa shape index (κ2) is 6.52. The van der Waals surface area contributed by atoms with Gasteiger partial charge in [-0.1, -0.05) is 0 Å². The number of nitrogens with zero attached hydrogens (tertiary/aromatic N) is 4. The summed E-state index contributed by atoms with van der Waals surface area (Å²) in [6.45, 7) is 6.17. The van der Waals surface area contributed by atoms with Gasteiger partial charge in [-0.3, -0.25) is 14.5 Å². The molecule has 0 aliphatic rings. The third-order valence-electron chi connectivity index (χ3n) is 3.36. The molecule has 0 unspecified atom stereocenters. The maximum atomic E-state index is 12.2. The van der Waals surface area contributed by atoms with Crippen LogP contribution in [0.4, 0.5) is 5.69 Å². The highest BCUT2D eigenvalue weighted by molar-refractivity contribution is 7.13. The van der Waals surface area contributed by atoms with Gasteiger partial charge in [-0.25, -0.2) is 4.98 Å². The van der Waals surface area contributed by atoms with Gasteiger partial charge >= 0.3 is 0 Å². The van der Waals surface area contributed by atoms with E-state index in [0.29, 0.717) is 5.69 Å². The van der Waals surface area contributed by atoms with Gasteiger partial charge in [0.05, 0.1) is 29.5 Å². The zero-order valence-corrected chi connectivity index (χ0v) is 14.7. The van der Waals surface area contributed by atoms with Gasteiger partial charge in [0.15, 0.2) is 0 Å². The number of amides is 1. The van der Waals surface area contributed by atoms with Crippen LogP contribution in [0.3, 0.4) is 0 Å². The summed E-state index contributed by atoms with van der Waals surface area (Å²) in [7, 11) is 0. The number of hydrogen-bond donors (Lipinski definition) is 1. The SMILES string of the molecule is CC(C)(C)n1cc(NC(=O)Cc2csc(-c3cccnc3)n2)cn1. The molecule has 0 radical (unpaired) electrons. The molecule has 3 heterocycles. The number of aromatic nitrogens is 4. The third-order valence-corrected chi connectivity index (χ3v) is 4.30. The highest BCUT2D eigenvalue weighted by Gasteiger charge is 2.15. The number of rotatable bonds is 4. The average Bonchev–Trinajstić information content (AvgIpc) is 3.17. The van der Waals surface area contributed by atoms with E-state index in [2.05, 4.69) is 41.2 Å². The molecule has 0 aliphatic carbocycles. The molecule has 3 rings (SSSR count). The Morgan fingerprint density at radius 1 is 1.33 bits per heavy atom. The van der Waals surface area contributed by atoms with Crippen LogP contribution in [0.25, 0.3) is 10.6 Å². The molecule has 7 heteroatoms. The van der Waals surface area contributed by atoms with Crippen LogP contribution >= 0.6 is 11.3 Å². The van der Waals surface area contributed by atoms with Crippen LogP contribution in [-0.4, -0.2) is 25.7 Å². The Balaban J connectivity index is 1.63. The first-order chi connectivity index (χ1) is 11.4. The minimum atomic E-state index is -0.115. The largest absolute Gasteiger partial charge is 0.323 e. The molecule has 0 fully saturated rings. The molecular weight excluding hydrogens is 322 g/mol. The van der Waals surface area contributed by atoms with Gasteiger partial charge in [0.2, 0.25) is 5.91 Å². The van der Waals surface area contributed by atoms with E-state index in [1.165, 1.54) is 11.3 Å². The summed E-state index contributed by atoms with van der Waals surface area (Å²) in [6, 6.07) is 3.83. The normalized spacial score (nSPS) is 11.5. The highest BCUT2D eigenvalue weighted by atomic mass is 32.1. The third kappa shape index (κ3) is 3.86. The molecule has 1 amide bonds. The fraction of sp³-hybridized carbons (Fsp3) is 0.294. The first kappa shape index (κ1) is 16.3. The van der Waals surface area contributed by atoms with Crippen molar-refractivity contribution in [2.45, 2.75) is 32.7 Å². The Kier molecular flexibility index (Phi) is 4.44. The summed E-state index contributed by atoms with van der Waals surface area (Å²) in [4.78, 5) is 20.8. The van der Waals surface area contributed by atoms with Crippen LogP contribution in [0.15, 0.2) is 42.3 Å². The van der Waals surface area contributed by atoms with Gasteiger partial charge in [0.1, 0.15) is 5.01 Å². The van der Waals surface area contributed by atoms with Crippen molar-refractivity contribution in [3.05, 3.63) is 48.0 Å². The lowest BCUT2D eigenvalue weighted by atomic mass is 10.1. The number of carbonyl (C=O) groups excluding carboxylic acids is 1. The molecule has 0 aromatic carbocycles. The van der Waals surface area contributed by atoms with Crippen molar-refractivity contribution in [2.24, 2.45) is 0 Å². The molecule has 1 N–H and O–H groups in total. The van der Waals surface area contributed by atoms with E-state index < -0.39 is 0 Å². The number of hydrogen-bond acceptors (Lipinski definition) is 5. The fourth-order valence-electron chi connectivity index (χ4n) is 2.13. The van der Waals surface area contributed by atoms with E-state index in [-0.39, 0.29) is 17.9 Å². The van der Waals surface area contributed by atoms with Crippen LogP contribution in [0, 0.1) is 0 Å². The predicted molar refractivity (Wildman–Crippen MR) is 94.9 cm³/mol. The molecular formula is C17H19N5OS. The van der Waals surface area contributed by atoms with E-state index in [9.17, 15) is 4.79 Å². The second-order valence-electron chi connectivity index (χ2n) is 6.46. The molecule has 6 nitrogen and oxygen atoms in total. The van der Waals surface area contributed by atoms with Crippen molar-refractivity contribution in [1.29, 1.82) is 0 Å².